The summed E-state index contributed by atoms with van der Waals surface area (Å²) in [5, 5.41) is 13.9. The number of carbonyl (C=O) groups is 2. The second-order valence-electron chi connectivity index (χ2n) is 10.1. The summed E-state index contributed by atoms with van der Waals surface area (Å²) < 4.78 is 5.39. The summed E-state index contributed by atoms with van der Waals surface area (Å²) in [4.78, 5) is 32.6. The van der Waals surface area contributed by atoms with Crippen LogP contribution in [0.3, 0.4) is 0 Å². The van der Waals surface area contributed by atoms with Crippen molar-refractivity contribution in [1.82, 2.24) is 25.5 Å². The van der Waals surface area contributed by atoms with Crippen LogP contribution in [0.15, 0.2) is 60.7 Å². The fraction of sp³-hybridized carbons (Fsp3) is 0.290. The van der Waals surface area contributed by atoms with Gasteiger partial charge in [-0.25, -0.2) is 4.98 Å². The van der Waals surface area contributed by atoms with Crippen molar-refractivity contribution in [1.29, 1.82) is 0 Å². The van der Waals surface area contributed by atoms with Gasteiger partial charge in [0.15, 0.2) is 5.82 Å². The van der Waals surface area contributed by atoms with Crippen molar-refractivity contribution < 1.29 is 14.3 Å². The largest absolute Gasteiger partial charge is 0.497 e. The molecule has 0 unspecified atom stereocenters. The van der Waals surface area contributed by atoms with Gasteiger partial charge in [-0.05, 0) is 60.4 Å². The normalized spacial score (nSPS) is 12.1. The Labute approximate surface area is 232 Å². The first-order valence-corrected chi connectivity index (χ1v) is 13.6. The molecule has 9 heteroatoms. The van der Waals surface area contributed by atoms with Crippen molar-refractivity contribution in [3.8, 4) is 17.1 Å². The number of aryl methyl sites for hydroxylation is 1. The van der Waals surface area contributed by atoms with Gasteiger partial charge >= 0.3 is 0 Å². The number of hydrogen-bond acceptors (Lipinski definition) is 5. The van der Waals surface area contributed by atoms with Crippen LogP contribution in [-0.4, -0.2) is 39.1 Å². The number of nitrogens with zero attached hydrogens (tertiary/aromatic N) is 2. The molecular formula is C31H34N6O3. The molecule has 0 aliphatic carbocycles. The van der Waals surface area contributed by atoms with E-state index in [2.05, 4.69) is 44.8 Å². The van der Waals surface area contributed by atoms with Crippen LogP contribution in [0.4, 0.5) is 0 Å². The molecule has 206 valence electrons. The highest BCUT2D eigenvalue weighted by molar-refractivity contribution is 5.91. The quantitative estimate of drug-likeness (QED) is 0.161. The molecule has 0 aliphatic rings. The van der Waals surface area contributed by atoms with E-state index in [0.717, 1.165) is 57.1 Å². The predicted octanol–water partition coefficient (Wildman–Crippen LogP) is 5.26. The van der Waals surface area contributed by atoms with E-state index in [9.17, 15) is 9.59 Å². The van der Waals surface area contributed by atoms with Crippen molar-refractivity contribution in [2.45, 2.75) is 51.5 Å². The summed E-state index contributed by atoms with van der Waals surface area (Å²) in [6.45, 7) is 1.97. The number of amides is 2. The third kappa shape index (κ3) is 6.14. The minimum Gasteiger partial charge on any atom is -0.497 e. The fourth-order valence-electron chi connectivity index (χ4n) is 5.11. The van der Waals surface area contributed by atoms with E-state index in [4.69, 9.17) is 15.5 Å². The van der Waals surface area contributed by atoms with Crippen molar-refractivity contribution in [3.05, 3.63) is 77.7 Å². The monoisotopic (exact) mass is 538 g/mol. The first kappa shape index (κ1) is 26.9. The average Bonchev–Trinajstić information content (AvgIpc) is 3.56. The number of rotatable bonds is 12. The molecule has 5 rings (SSSR count). The van der Waals surface area contributed by atoms with Gasteiger partial charge in [-0.15, -0.1) is 0 Å². The lowest BCUT2D eigenvalue weighted by atomic mass is 10.0. The summed E-state index contributed by atoms with van der Waals surface area (Å²) >= 11 is 0. The Morgan fingerprint density at radius 2 is 1.85 bits per heavy atom. The molecule has 9 nitrogen and oxygen atoms in total. The lowest BCUT2D eigenvalue weighted by molar-refractivity contribution is -0.121. The molecule has 3 aromatic carbocycles. The van der Waals surface area contributed by atoms with Gasteiger partial charge in [0, 0.05) is 28.6 Å². The Kier molecular flexibility index (Phi) is 8.10. The molecule has 5 aromatic rings. The van der Waals surface area contributed by atoms with Crippen molar-refractivity contribution in [2.75, 3.05) is 7.11 Å². The summed E-state index contributed by atoms with van der Waals surface area (Å²) in [5.41, 5.74) is 9.02. The van der Waals surface area contributed by atoms with Crippen LogP contribution in [0, 0.1) is 6.92 Å². The minimum absolute atomic E-state index is 0.113. The second kappa shape index (κ2) is 12.0. The van der Waals surface area contributed by atoms with E-state index in [1.807, 2.05) is 43.3 Å². The molecule has 0 bridgehead atoms. The third-order valence-corrected chi connectivity index (χ3v) is 7.26. The number of H-pyrrole nitrogens is 2. The van der Waals surface area contributed by atoms with Crippen LogP contribution in [0.5, 0.6) is 5.75 Å². The maximum Gasteiger partial charge on any atom is 0.225 e. The lowest BCUT2D eigenvalue weighted by Crippen LogP contribution is -2.30. The number of nitrogens with one attached hydrogen (secondary N) is 3. The molecular weight excluding hydrogens is 504 g/mol. The summed E-state index contributed by atoms with van der Waals surface area (Å²) in [5.74, 6) is 1.50. The molecule has 5 N–H and O–H groups in total. The van der Waals surface area contributed by atoms with Crippen molar-refractivity contribution in [3.63, 3.8) is 0 Å². The van der Waals surface area contributed by atoms with Crippen molar-refractivity contribution in [2.24, 2.45) is 5.73 Å². The minimum atomic E-state index is -0.358. The van der Waals surface area contributed by atoms with Gasteiger partial charge in [0.2, 0.25) is 11.8 Å². The maximum atomic E-state index is 13.4. The highest BCUT2D eigenvalue weighted by atomic mass is 16.5. The Balaban J connectivity index is 1.35. The number of methoxy groups -OCH3 is 1. The average molecular weight is 539 g/mol. The lowest BCUT2D eigenvalue weighted by Gasteiger charge is -2.16. The summed E-state index contributed by atoms with van der Waals surface area (Å²) in [7, 11) is 1.63. The van der Waals surface area contributed by atoms with Crippen LogP contribution >= 0.6 is 0 Å². The van der Waals surface area contributed by atoms with Gasteiger partial charge in [-0.1, -0.05) is 49.2 Å². The molecule has 2 aromatic heterocycles. The number of nitrogens with two attached hydrogens (primary N) is 1. The zero-order valence-corrected chi connectivity index (χ0v) is 22.8. The van der Waals surface area contributed by atoms with Gasteiger partial charge in [0.1, 0.15) is 11.6 Å². The summed E-state index contributed by atoms with van der Waals surface area (Å²) in [6, 6.07) is 19.7. The van der Waals surface area contributed by atoms with Gasteiger partial charge < -0.3 is 20.8 Å². The molecule has 0 spiro atoms. The standard InChI is InChI=1S/C31H34N6O3/c1-19-24(25-17-23(40-2)14-15-26(25)33-19)18-29(39)34-27(10-4-3-5-11-28(32)38)31-35-30(36-37-31)22-13-12-20-8-6-7-9-21(20)16-22/h6-9,12-17,27,33H,3-5,10-11,18H2,1-2H3,(H2,32,38)(H,34,39)(H,35,36,37)/t27-/m0/s1. The van der Waals surface area contributed by atoms with Gasteiger partial charge in [-0.2, -0.15) is 5.10 Å². The van der Waals surface area contributed by atoms with Gasteiger partial charge in [0.25, 0.3) is 0 Å². The zero-order chi connectivity index (χ0) is 28.1. The fourth-order valence-corrected chi connectivity index (χ4v) is 5.11. The number of fused-ring (bicyclic) bond motifs is 2. The topological polar surface area (TPSA) is 139 Å². The van der Waals surface area contributed by atoms with Crippen LogP contribution in [-0.2, 0) is 16.0 Å². The van der Waals surface area contributed by atoms with Gasteiger partial charge in [-0.3, -0.25) is 14.7 Å². The molecule has 0 fully saturated rings. The zero-order valence-electron chi connectivity index (χ0n) is 22.8. The highest BCUT2D eigenvalue weighted by Gasteiger charge is 2.21. The first-order chi connectivity index (χ1) is 19.4. The van der Waals surface area contributed by atoms with E-state index in [1.54, 1.807) is 7.11 Å². The van der Waals surface area contributed by atoms with Crippen molar-refractivity contribution >= 4 is 33.5 Å². The highest BCUT2D eigenvalue weighted by Crippen LogP contribution is 2.28. The maximum absolute atomic E-state index is 13.4. The SMILES string of the molecule is COc1ccc2[nH]c(C)c(CC(=O)N[C@@H](CCCCCC(N)=O)c3nc(-c4ccc5ccccc5c4)n[nH]3)c2c1. The van der Waals surface area contributed by atoms with Crippen LogP contribution in [0.25, 0.3) is 33.1 Å². The van der Waals surface area contributed by atoms with E-state index in [0.29, 0.717) is 30.9 Å². The third-order valence-electron chi connectivity index (χ3n) is 7.26. The molecule has 2 heterocycles. The number of primary amides is 1. The number of benzene rings is 3. The molecule has 40 heavy (non-hydrogen) atoms. The molecule has 0 radical (unpaired) electrons. The summed E-state index contributed by atoms with van der Waals surface area (Å²) in [6.07, 6.45) is 3.55. The van der Waals surface area contributed by atoms with E-state index in [1.165, 1.54) is 0 Å². The molecule has 2 amide bonds. The Morgan fingerprint density at radius 3 is 2.65 bits per heavy atom. The first-order valence-electron chi connectivity index (χ1n) is 13.6. The number of carbonyl (C=O) groups excluding carboxylic acids is 2. The van der Waals surface area contributed by atoms with Crippen LogP contribution in [0.1, 0.15) is 55.2 Å². The van der Waals surface area contributed by atoms with Gasteiger partial charge in [0.05, 0.1) is 19.6 Å². The second-order valence-corrected chi connectivity index (χ2v) is 10.1. The molecule has 0 saturated carbocycles. The number of ether oxygens (including phenoxy) is 1. The van der Waals surface area contributed by atoms with Crippen LogP contribution in [0.2, 0.25) is 0 Å². The number of aromatic nitrogens is 4. The number of unbranched alkanes of at least 4 members (excludes halogenated alkanes) is 2. The Morgan fingerprint density at radius 1 is 1.02 bits per heavy atom. The number of hydrogen-bond donors (Lipinski definition) is 4. The Bertz CT molecular complexity index is 1650. The smallest absolute Gasteiger partial charge is 0.225 e. The molecule has 0 saturated heterocycles. The molecule has 1 atom stereocenters. The van der Waals surface area contributed by atoms with E-state index in [-0.39, 0.29) is 24.3 Å². The molecule has 0 aliphatic heterocycles. The van der Waals surface area contributed by atoms with Crippen LogP contribution < -0.4 is 15.8 Å². The van der Waals surface area contributed by atoms with E-state index < -0.39 is 0 Å². The number of aromatic amines is 2. The van der Waals surface area contributed by atoms with E-state index >= 15 is 0 Å². The Hall–Kier alpha value is -4.66. The predicted molar refractivity (Wildman–Crippen MR) is 156 cm³/mol.